The van der Waals surface area contributed by atoms with Gasteiger partial charge in [0.1, 0.15) is 42.3 Å². The Bertz CT molecular complexity index is 2020. The summed E-state index contributed by atoms with van der Waals surface area (Å²) in [6, 6.07) is -2.54. The van der Waals surface area contributed by atoms with Crippen LogP contribution in [0.3, 0.4) is 0 Å². The quantitative estimate of drug-likeness (QED) is 0.0418. The van der Waals surface area contributed by atoms with Crippen LogP contribution in [0, 0.1) is 17.8 Å². The zero-order valence-electron chi connectivity index (χ0n) is 40.7. The van der Waals surface area contributed by atoms with Gasteiger partial charge in [0, 0.05) is 6.54 Å². The predicted octanol–water partition coefficient (Wildman–Crippen LogP) is -1.87. The van der Waals surface area contributed by atoms with Crippen LogP contribution in [0.25, 0.3) is 0 Å². The molecule has 2 rings (SSSR count). The number of nitrogens with two attached hydrogens (primary N) is 1. The fraction of sp³-hybridized carbons (Fsp3) is 0.630. The Labute approximate surface area is 406 Å². The van der Waals surface area contributed by atoms with Gasteiger partial charge in [-0.15, -0.1) is 0 Å². The summed E-state index contributed by atoms with van der Waals surface area (Å²) in [6.07, 6.45) is -2.92. The molecule has 0 aromatic heterocycles. The Morgan fingerprint density at radius 1 is 0.614 bits per heavy atom. The number of aliphatic hydroxyl groups is 1. The van der Waals surface area contributed by atoms with Crippen LogP contribution in [0.15, 0.2) is 30.3 Å². The molecule has 24 nitrogen and oxygen atoms in total. The summed E-state index contributed by atoms with van der Waals surface area (Å²) in [5.41, 5.74) is 7.02. The summed E-state index contributed by atoms with van der Waals surface area (Å²) in [7, 11) is 0. The van der Waals surface area contributed by atoms with Crippen molar-refractivity contribution in [3.8, 4) is 0 Å². The molecule has 70 heavy (non-hydrogen) atoms. The minimum absolute atomic E-state index is 0.0404. The summed E-state index contributed by atoms with van der Waals surface area (Å²) >= 11 is 0. The lowest BCUT2D eigenvalue weighted by Crippen LogP contribution is -2.61. The largest absolute Gasteiger partial charge is 0.481 e. The molecule has 0 radical (unpaired) electrons. The summed E-state index contributed by atoms with van der Waals surface area (Å²) < 4.78 is 0. The number of carboxylic acids is 3. The van der Waals surface area contributed by atoms with Gasteiger partial charge in [0.15, 0.2) is 0 Å². The summed E-state index contributed by atoms with van der Waals surface area (Å²) in [4.78, 5) is 144. The van der Waals surface area contributed by atoms with Crippen LogP contribution in [0.4, 0.5) is 0 Å². The Kier molecular flexibility index (Phi) is 24.4. The number of hydrogen-bond acceptors (Lipinski definition) is 13. The standard InChI is InChI=1S/C46H71N9O15/c1-23(2)16-29(50-39(62)28(47)19-27-12-9-8-10-13-27)41(64)53-32(17-24(3)4)45(68)55-15-11-14-34(55)43(66)51-31(21-37(60)61)42(65)54-38(26(7)56)44(67)52-30(20-36(58)59)40(63)48-22-35(57)49-33(46(69)70)18-25(5)6/h8-10,12-13,23-26,28-34,38,56H,11,14-22,47H2,1-7H3,(H,48,63)(H,49,57)(H,50,62)(H,51,66)(H,52,67)(H,53,64)(H,54,65)(H,58,59)(H,60,61)(H,69,70)/t26-,28+,29+,30+,31+,32+,33+,34+,38+/m1/s1. The van der Waals surface area contributed by atoms with E-state index < -0.39 is 139 Å². The van der Waals surface area contributed by atoms with Crippen molar-refractivity contribution in [2.75, 3.05) is 13.1 Å². The van der Waals surface area contributed by atoms with Gasteiger partial charge in [0.2, 0.25) is 47.3 Å². The summed E-state index contributed by atoms with van der Waals surface area (Å²) in [6.45, 7) is 11.0. The number of carbonyl (C=O) groups excluding carboxylic acids is 8. The first-order valence-electron chi connectivity index (χ1n) is 23.2. The first-order chi connectivity index (χ1) is 32.7. The molecule has 1 saturated heterocycles. The number of benzene rings is 1. The first-order valence-corrected chi connectivity index (χ1v) is 23.2. The van der Waals surface area contributed by atoms with Crippen molar-refractivity contribution in [1.29, 1.82) is 0 Å². The summed E-state index contributed by atoms with van der Waals surface area (Å²) in [5, 5.41) is 55.4. The van der Waals surface area contributed by atoms with E-state index in [0.29, 0.717) is 6.42 Å². The van der Waals surface area contributed by atoms with Crippen molar-refractivity contribution in [1.82, 2.24) is 42.1 Å². The highest BCUT2D eigenvalue weighted by atomic mass is 16.4. The monoisotopic (exact) mass is 990 g/mol. The van der Waals surface area contributed by atoms with Crippen molar-refractivity contribution in [2.24, 2.45) is 23.5 Å². The lowest BCUT2D eigenvalue weighted by atomic mass is 9.99. The van der Waals surface area contributed by atoms with Crippen molar-refractivity contribution in [3.63, 3.8) is 0 Å². The van der Waals surface area contributed by atoms with Crippen LogP contribution < -0.4 is 43.0 Å². The van der Waals surface area contributed by atoms with Gasteiger partial charge in [0.05, 0.1) is 31.5 Å². The van der Waals surface area contributed by atoms with Gasteiger partial charge < -0.3 is 68.3 Å². The molecule has 13 N–H and O–H groups in total. The normalized spacial score (nSPS) is 16.9. The molecule has 0 spiro atoms. The molecule has 1 aliphatic heterocycles. The minimum atomic E-state index is -1.98. The number of rotatable bonds is 29. The van der Waals surface area contributed by atoms with Gasteiger partial charge in [-0.25, -0.2) is 4.79 Å². The van der Waals surface area contributed by atoms with Crippen molar-refractivity contribution < 1.29 is 73.2 Å². The Morgan fingerprint density at radius 3 is 1.64 bits per heavy atom. The number of amides is 8. The van der Waals surface area contributed by atoms with E-state index in [1.807, 2.05) is 45.9 Å². The van der Waals surface area contributed by atoms with Crippen LogP contribution in [-0.2, 0) is 59.2 Å². The molecule has 0 bridgehead atoms. The molecular weight excluding hydrogens is 919 g/mol. The van der Waals surface area contributed by atoms with Crippen LogP contribution in [0.2, 0.25) is 0 Å². The molecule has 1 fully saturated rings. The number of likely N-dealkylation sites (tertiary alicyclic amines) is 1. The Morgan fingerprint density at radius 2 is 1.11 bits per heavy atom. The second-order valence-electron chi connectivity index (χ2n) is 18.7. The second kappa shape index (κ2) is 28.7. The molecule has 1 aliphatic rings. The summed E-state index contributed by atoms with van der Waals surface area (Å²) in [5.74, 6) is -12.5. The van der Waals surface area contributed by atoms with Crippen molar-refractivity contribution in [2.45, 2.75) is 154 Å². The number of nitrogens with zero attached hydrogens (tertiary/aromatic N) is 1. The Balaban J connectivity index is 2.25. The van der Waals surface area contributed by atoms with Crippen molar-refractivity contribution in [3.05, 3.63) is 35.9 Å². The third kappa shape index (κ3) is 20.5. The van der Waals surface area contributed by atoms with Gasteiger partial charge in [-0.2, -0.15) is 0 Å². The van der Waals surface area contributed by atoms with Gasteiger partial charge in [-0.3, -0.25) is 47.9 Å². The molecule has 8 amide bonds. The lowest BCUT2D eigenvalue weighted by molar-refractivity contribution is -0.144. The third-order valence-electron chi connectivity index (χ3n) is 11.0. The zero-order valence-corrected chi connectivity index (χ0v) is 40.7. The average molecular weight is 990 g/mol. The van der Waals surface area contributed by atoms with E-state index in [1.165, 1.54) is 4.90 Å². The van der Waals surface area contributed by atoms with E-state index >= 15 is 0 Å². The predicted molar refractivity (Wildman–Crippen MR) is 250 cm³/mol. The molecule has 24 heteroatoms. The van der Waals surface area contributed by atoms with Crippen LogP contribution >= 0.6 is 0 Å². The van der Waals surface area contributed by atoms with E-state index in [-0.39, 0.29) is 56.4 Å². The van der Waals surface area contributed by atoms with Crippen LogP contribution in [0.1, 0.15) is 99.0 Å². The highest BCUT2D eigenvalue weighted by molar-refractivity contribution is 5.99. The van der Waals surface area contributed by atoms with E-state index in [9.17, 15) is 73.2 Å². The van der Waals surface area contributed by atoms with Gasteiger partial charge >= 0.3 is 17.9 Å². The third-order valence-corrected chi connectivity index (χ3v) is 11.0. The molecule has 1 aromatic carbocycles. The maximum absolute atomic E-state index is 14.3. The lowest BCUT2D eigenvalue weighted by Gasteiger charge is -2.31. The zero-order chi connectivity index (χ0) is 53.0. The first kappa shape index (κ1) is 59.4. The molecular formula is C46H71N9O15. The van der Waals surface area contributed by atoms with Gasteiger partial charge in [-0.1, -0.05) is 71.9 Å². The van der Waals surface area contributed by atoms with E-state index in [4.69, 9.17) is 5.73 Å². The van der Waals surface area contributed by atoms with E-state index in [0.717, 1.165) is 12.5 Å². The smallest absolute Gasteiger partial charge is 0.326 e. The maximum Gasteiger partial charge on any atom is 0.326 e. The molecule has 390 valence electrons. The molecule has 0 unspecified atom stereocenters. The van der Waals surface area contributed by atoms with Crippen LogP contribution in [-0.4, -0.2) is 158 Å². The van der Waals surface area contributed by atoms with Crippen molar-refractivity contribution >= 4 is 65.2 Å². The molecule has 0 saturated carbocycles. The molecule has 9 atom stereocenters. The second-order valence-corrected chi connectivity index (χ2v) is 18.7. The highest BCUT2D eigenvalue weighted by Crippen LogP contribution is 2.21. The van der Waals surface area contributed by atoms with Gasteiger partial charge in [0.25, 0.3) is 0 Å². The average Bonchev–Trinajstić information content (AvgIpc) is 3.75. The van der Waals surface area contributed by atoms with E-state index in [1.54, 1.807) is 26.0 Å². The minimum Gasteiger partial charge on any atom is -0.481 e. The Hall–Kier alpha value is -6.69. The van der Waals surface area contributed by atoms with E-state index in [2.05, 4.69) is 37.2 Å². The topological polar surface area (TPSA) is 382 Å². The fourth-order valence-corrected chi connectivity index (χ4v) is 7.60. The molecule has 1 aromatic rings. The number of nitrogens with one attached hydrogen (secondary N) is 7. The van der Waals surface area contributed by atoms with Crippen LogP contribution in [0.5, 0.6) is 0 Å². The molecule has 1 heterocycles. The number of hydrogen-bond donors (Lipinski definition) is 12. The number of aliphatic carboxylic acids is 3. The number of carbonyl (C=O) groups is 11. The highest BCUT2D eigenvalue weighted by Gasteiger charge is 2.41. The fourth-order valence-electron chi connectivity index (χ4n) is 7.60. The maximum atomic E-state index is 14.3. The molecule has 0 aliphatic carbocycles. The SMILES string of the molecule is CC(C)C[C@H](NC(=O)CNC(=O)[C@H](CC(=O)O)NC(=O)[C@@H](NC(=O)[C@H](CC(=O)O)NC(=O)[C@@H]1CCCN1C(=O)[C@H](CC(C)C)NC(=O)[C@H](CC(C)C)NC(=O)[C@@H](N)Cc1ccccc1)[C@@H](C)O)C(=O)O. The van der Waals surface area contributed by atoms with Gasteiger partial charge in [-0.05, 0) is 68.8 Å². The number of carboxylic acid groups (broad SMARTS) is 3. The number of aliphatic hydroxyl groups excluding tert-OH is 1.